The molecule has 0 aromatic heterocycles. The summed E-state index contributed by atoms with van der Waals surface area (Å²) in [6.07, 6.45) is 0.248. The fourth-order valence-corrected chi connectivity index (χ4v) is 4.42. The van der Waals surface area contributed by atoms with Gasteiger partial charge in [-0.25, -0.2) is 0 Å². The second kappa shape index (κ2) is 11.1. The van der Waals surface area contributed by atoms with E-state index in [1.165, 1.54) is 11.1 Å². The molecule has 3 unspecified atom stereocenters. The Morgan fingerprint density at radius 2 is 1.80 bits per heavy atom. The number of nitrogens with zero attached hydrogens (tertiary/aromatic N) is 3. The summed E-state index contributed by atoms with van der Waals surface area (Å²) in [5.41, 5.74) is 2.72. The third-order valence-corrected chi connectivity index (χ3v) is 6.09. The van der Waals surface area contributed by atoms with Crippen LogP contribution in [0.4, 0.5) is 0 Å². The molecule has 4 rings (SSSR count). The quantitative estimate of drug-likeness (QED) is 0.372. The molecule has 2 fully saturated rings. The Balaban J connectivity index is 0.00000256. The minimum Gasteiger partial charge on any atom is -0.373 e. The highest BCUT2D eigenvalue weighted by Gasteiger charge is 2.41. The number of nitrogens with one attached hydrogen (secondary N) is 1. The molecule has 0 saturated carbocycles. The van der Waals surface area contributed by atoms with E-state index in [0.717, 1.165) is 45.3 Å². The minimum atomic E-state index is 0. The molecule has 2 heterocycles. The third-order valence-electron chi connectivity index (χ3n) is 6.09. The topological polar surface area (TPSA) is 40.1 Å². The van der Waals surface area contributed by atoms with Crippen molar-refractivity contribution in [1.29, 1.82) is 0 Å². The van der Waals surface area contributed by atoms with Crippen LogP contribution in [0.25, 0.3) is 0 Å². The Labute approximate surface area is 197 Å². The monoisotopic (exact) mass is 520 g/mol. The van der Waals surface area contributed by atoms with Crippen molar-refractivity contribution in [3.8, 4) is 0 Å². The van der Waals surface area contributed by atoms with E-state index in [1.54, 1.807) is 0 Å². The molecule has 2 aliphatic heterocycles. The second-order valence-corrected chi connectivity index (χ2v) is 8.08. The first kappa shape index (κ1) is 23.0. The summed E-state index contributed by atoms with van der Waals surface area (Å²) in [7, 11) is 1.88. The van der Waals surface area contributed by atoms with Crippen molar-refractivity contribution >= 4 is 29.9 Å². The molecule has 2 aromatic carbocycles. The molecule has 0 amide bonds. The van der Waals surface area contributed by atoms with E-state index in [9.17, 15) is 0 Å². The van der Waals surface area contributed by atoms with Crippen molar-refractivity contribution in [3.05, 3.63) is 71.8 Å². The average molecular weight is 520 g/mol. The predicted molar refractivity (Wildman–Crippen MR) is 134 cm³/mol. The maximum Gasteiger partial charge on any atom is 0.193 e. The van der Waals surface area contributed by atoms with Gasteiger partial charge in [-0.2, -0.15) is 0 Å². The van der Waals surface area contributed by atoms with Gasteiger partial charge in [0, 0.05) is 39.8 Å². The number of hydrogen-bond donors (Lipinski definition) is 1. The highest BCUT2D eigenvalue weighted by Crippen LogP contribution is 2.25. The largest absolute Gasteiger partial charge is 0.373 e. The molecule has 162 valence electrons. The first-order valence-corrected chi connectivity index (χ1v) is 10.6. The molecule has 0 radical (unpaired) electrons. The predicted octanol–water partition coefficient (Wildman–Crippen LogP) is 3.57. The van der Waals surface area contributed by atoms with Crippen LogP contribution in [0.15, 0.2) is 65.7 Å². The van der Waals surface area contributed by atoms with E-state index < -0.39 is 0 Å². The van der Waals surface area contributed by atoms with Gasteiger partial charge in [0.05, 0.1) is 18.8 Å². The average Bonchev–Trinajstić information content (AvgIpc) is 3.20. The van der Waals surface area contributed by atoms with Crippen LogP contribution in [-0.2, 0) is 11.3 Å². The highest BCUT2D eigenvalue weighted by atomic mass is 127. The van der Waals surface area contributed by atoms with Crippen molar-refractivity contribution in [2.24, 2.45) is 4.99 Å². The summed E-state index contributed by atoms with van der Waals surface area (Å²) >= 11 is 0. The Bertz CT molecular complexity index is 801. The first-order valence-electron chi connectivity index (χ1n) is 10.6. The van der Waals surface area contributed by atoms with Gasteiger partial charge < -0.3 is 15.0 Å². The Kier molecular flexibility index (Phi) is 8.53. The van der Waals surface area contributed by atoms with E-state index >= 15 is 0 Å². The molecule has 0 spiro atoms. The number of ether oxygens (including phenoxy) is 1. The number of halogens is 1. The summed E-state index contributed by atoms with van der Waals surface area (Å²) in [5.74, 6) is 1.41. The fourth-order valence-electron chi connectivity index (χ4n) is 4.42. The van der Waals surface area contributed by atoms with Crippen LogP contribution in [-0.4, -0.2) is 67.7 Å². The molecule has 2 aliphatic rings. The smallest absolute Gasteiger partial charge is 0.193 e. The number of fused-ring (bicyclic) bond motifs is 1. The van der Waals surface area contributed by atoms with Crippen molar-refractivity contribution in [2.45, 2.75) is 31.5 Å². The Hall–Kier alpha value is -1.64. The van der Waals surface area contributed by atoms with Crippen LogP contribution in [0, 0.1) is 0 Å². The van der Waals surface area contributed by atoms with E-state index in [-0.39, 0.29) is 30.1 Å². The van der Waals surface area contributed by atoms with E-state index in [2.05, 4.69) is 87.7 Å². The van der Waals surface area contributed by atoms with Gasteiger partial charge >= 0.3 is 0 Å². The van der Waals surface area contributed by atoms with Crippen LogP contribution in [0.3, 0.4) is 0 Å². The molecule has 2 aromatic rings. The third kappa shape index (κ3) is 5.53. The van der Waals surface area contributed by atoms with Gasteiger partial charge in [-0.1, -0.05) is 67.6 Å². The lowest BCUT2D eigenvalue weighted by Crippen LogP contribution is -2.50. The van der Waals surface area contributed by atoms with Crippen LogP contribution >= 0.6 is 24.0 Å². The van der Waals surface area contributed by atoms with Crippen LogP contribution in [0.2, 0.25) is 0 Å². The number of aliphatic imine (C=N–C) groups is 1. The molecule has 0 bridgehead atoms. The van der Waals surface area contributed by atoms with Crippen molar-refractivity contribution < 1.29 is 4.74 Å². The second-order valence-electron chi connectivity index (χ2n) is 8.08. The van der Waals surface area contributed by atoms with E-state index in [4.69, 9.17) is 4.74 Å². The zero-order valence-corrected chi connectivity index (χ0v) is 20.2. The minimum absolute atomic E-state index is 0. The van der Waals surface area contributed by atoms with Gasteiger partial charge in [-0.05, 0) is 17.0 Å². The van der Waals surface area contributed by atoms with Crippen LogP contribution < -0.4 is 5.32 Å². The summed E-state index contributed by atoms with van der Waals surface area (Å²) in [6.45, 7) is 7.75. The lowest BCUT2D eigenvalue weighted by molar-refractivity contribution is -0.0502. The standard InChI is InChI=1S/C24H32N4O.HI/c1-19(21-11-7-4-8-12-21)15-26-24(25-2)28-17-22-23(18-28)29-14-13-27(22)16-20-9-5-3-6-10-20;/h3-12,19,22-23H,13-18H2,1-2H3,(H,25,26);1H. The number of guanidine groups is 1. The summed E-state index contributed by atoms with van der Waals surface area (Å²) in [6, 6.07) is 21.8. The maximum atomic E-state index is 6.12. The van der Waals surface area contributed by atoms with Crippen molar-refractivity contribution in [1.82, 2.24) is 15.1 Å². The molecule has 0 aliphatic carbocycles. The normalized spacial score (nSPS) is 22.9. The van der Waals surface area contributed by atoms with E-state index in [0.29, 0.717) is 12.0 Å². The summed E-state index contributed by atoms with van der Waals surface area (Å²) in [5, 5.41) is 3.59. The summed E-state index contributed by atoms with van der Waals surface area (Å²) in [4.78, 5) is 9.49. The fraction of sp³-hybridized carbons (Fsp3) is 0.458. The highest BCUT2D eigenvalue weighted by molar-refractivity contribution is 14.0. The van der Waals surface area contributed by atoms with Gasteiger partial charge in [0.15, 0.2) is 5.96 Å². The van der Waals surface area contributed by atoms with Gasteiger partial charge in [-0.15, -0.1) is 24.0 Å². The SMILES string of the molecule is CN=C(NCC(C)c1ccccc1)N1CC2OCCN(Cc3ccccc3)C2C1.I. The Morgan fingerprint density at radius 1 is 1.10 bits per heavy atom. The van der Waals surface area contributed by atoms with Gasteiger partial charge in [0.2, 0.25) is 0 Å². The first-order chi connectivity index (χ1) is 14.2. The lowest BCUT2D eigenvalue weighted by atomic mass is 10.0. The molecule has 1 N–H and O–H groups in total. The van der Waals surface area contributed by atoms with E-state index in [1.807, 2.05) is 7.05 Å². The summed E-state index contributed by atoms with van der Waals surface area (Å²) < 4.78 is 6.12. The van der Waals surface area contributed by atoms with Crippen molar-refractivity contribution in [3.63, 3.8) is 0 Å². The van der Waals surface area contributed by atoms with Crippen LogP contribution in [0.1, 0.15) is 24.0 Å². The molecule has 30 heavy (non-hydrogen) atoms. The number of morpholine rings is 1. The molecule has 3 atom stereocenters. The zero-order chi connectivity index (χ0) is 20.1. The number of hydrogen-bond acceptors (Lipinski definition) is 3. The molecular weight excluding hydrogens is 487 g/mol. The molecule has 5 nitrogen and oxygen atoms in total. The Morgan fingerprint density at radius 3 is 2.50 bits per heavy atom. The molecule has 6 heteroatoms. The van der Waals surface area contributed by atoms with Gasteiger partial charge in [-0.3, -0.25) is 9.89 Å². The molecular formula is C24H33IN4O. The van der Waals surface area contributed by atoms with Gasteiger partial charge in [0.25, 0.3) is 0 Å². The zero-order valence-electron chi connectivity index (χ0n) is 17.9. The number of likely N-dealkylation sites (tertiary alicyclic amines) is 1. The lowest BCUT2D eigenvalue weighted by Gasteiger charge is -2.36. The maximum absolute atomic E-state index is 6.12. The molecule has 2 saturated heterocycles. The number of rotatable bonds is 5. The number of benzene rings is 2. The van der Waals surface area contributed by atoms with Gasteiger partial charge in [0.1, 0.15) is 0 Å². The van der Waals surface area contributed by atoms with Crippen LogP contribution in [0.5, 0.6) is 0 Å². The van der Waals surface area contributed by atoms with Crippen molar-refractivity contribution in [2.75, 3.05) is 39.8 Å².